The average Bonchev–Trinajstić information content (AvgIpc) is 3.45. The number of nitrogens with zero attached hydrogens (tertiary/aromatic N) is 2. The molecule has 0 spiro atoms. The Kier molecular flexibility index (Phi) is 8.01. The molecule has 39 heavy (non-hydrogen) atoms. The molecule has 8 nitrogen and oxygen atoms in total. The van der Waals surface area contributed by atoms with Crippen LogP contribution in [0.2, 0.25) is 15.1 Å². The fourth-order valence-electron chi connectivity index (χ4n) is 4.00. The smallest absolute Gasteiger partial charge is 0.435 e. The van der Waals surface area contributed by atoms with Crippen molar-refractivity contribution < 1.29 is 37.2 Å². The van der Waals surface area contributed by atoms with E-state index in [1.165, 1.54) is 24.3 Å². The van der Waals surface area contributed by atoms with Gasteiger partial charge in [0, 0.05) is 27.6 Å². The van der Waals surface area contributed by atoms with Crippen LogP contribution in [0.3, 0.4) is 0 Å². The number of hydroxylamine groups is 2. The number of ether oxygens (including phenoxy) is 1. The van der Waals surface area contributed by atoms with Crippen molar-refractivity contribution in [3.05, 3.63) is 68.2 Å². The first-order valence-corrected chi connectivity index (χ1v) is 12.7. The summed E-state index contributed by atoms with van der Waals surface area (Å²) in [6, 6.07) is 7.12. The monoisotopic (exact) mass is 607 g/mol. The SMILES string of the molecule is CC(C)(C)OC(=O)N1C[C@@H](NC(=O)c2ccc(C3=NO[C@@](c4cc(Cl)cc(Cl)c4)(C(F)(F)F)C3)cc2Cl)CO1. The average molecular weight is 609 g/mol. The molecule has 2 aliphatic rings. The zero-order valence-electron chi connectivity index (χ0n) is 20.9. The molecule has 2 aliphatic heterocycles. The Hall–Kier alpha value is -2.73. The van der Waals surface area contributed by atoms with Crippen LogP contribution in [0.5, 0.6) is 0 Å². The Balaban J connectivity index is 1.46. The van der Waals surface area contributed by atoms with Crippen molar-refractivity contribution in [1.82, 2.24) is 10.4 Å². The van der Waals surface area contributed by atoms with Gasteiger partial charge in [0.2, 0.25) is 0 Å². The Morgan fingerprint density at radius 1 is 1.10 bits per heavy atom. The van der Waals surface area contributed by atoms with E-state index in [0.29, 0.717) is 0 Å². The summed E-state index contributed by atoms with van der Waals surface area (Å²) in [7, 11) is 0. The number of carbonyl (C=O) groups is 2. The number of alkyl halides is 3. The van der Waals surface area contributed by atoms with Crippen LogP contribution in [0.4, 0.5) is 18.0 Å². The van der Waals surface area contributed by atoms with E-state index in [2.05, 4.69) is 10.5 Å². The molecule has 2 heterocycles. The lowest BCUT2D eigenvalue weighted by Gasteiger charge is -2.29. The highest BCUT2D eigenvalue weighted by Crippen LogP contribution is 2.49. The molecule has 1 N–H and O–H groups in total. The van der Waals surface area contributed by atoms with Crippen molar-refractivity contribution in [2.45, 2.75) is 50.6 Å². The van der Waals surface area contributed by atoms with E-state index in [9.17, 15) is 22.8 Å². The topological polar surface area (TPSA) is 89.5 Å². The minimum absolute atomic E-state index is 0.0125. The van der Waals surface area contributed by atoms with Gasteiger partial charge in [-0.15, -0.1) is 0 Å². The summed E-state index contributed by atoms with van der Waals surface area (Å²) in [5.41, 5.74) is -3.55. The van der Waals surface area contributed by atoms with Gasteiger partial charge in [0.15, 0.2) is 0 Å². The molecule has 2 amide bonds. The third-order valence-electron chi connectivity index (χ3n) is 5.81. The number of halogens is 6. The lowest BCUT2D eigenvalue weighted by Crippen LogP contribution is -2.42. The molecule has 1 fully saturated rings. The Labute approximate surface area is 236 Å². The molecule has 2 aromatic rings. The first kappa shape index (κ1) is 29.3. The highest BCUT2D eigenvalue weighted by atomic mass is 35.5. The number of rotatable bonds is 4. The van der Waals surface area contributed by atoms with Crippen LogP contribution in [0, 0.1) is 0 Å². The van der Waals surface area contributed by atoms with Crippen molar-refractivity contribution in [2.75, 3.05) is 13.2 Å². The van der Waals surface area contributed by atoms with Crippen molar-refractivity contribution in [1.29, 1.82) is 0 Å². The second-order valence-electron chi connectivity index (χ2n) is 9.99. The Bertz CT molecular complexity index is 1310. The van der Waals surface area contributed by atoms with E-state index in [1.54, 1.807) is 20.8 Å². The van der Waals surface area contributed by atoms with Crippen molar-refractivity contribution in [2.24, 2.45) is 5.16 Å². The highest BCUT2D eigenvalue weighted by molar-refractivity contribution is 6.35. The second-order valence-corrected chi connectivity index (χ2v) is 11.3. The van der Waals surface area contributed by atoms with E-state index in [0.717, 1.165) is 17.2 Å². The molecule has 14 heteroatoms. The number of benzene rings is 2. The molecule has 2 aromatic carbocycles. The molecule has 0 bridgehead atoms. The van der Waals surface area contributed by atoms with Gasteiger partial charge in [-0.3, -0.25) is 9.63 Å². The van der Waals surface area contributed by atoms with Crippen molar-refractivity contribution >= 4 is 52.5 Å². The summed E-state index contributed by atoms with van der Waals surface area (Å²) < 4.78 is 48.0. The summed E-state index contributed by atoms with van der Waals surface area (Å²) in [6.45, 7) is 5.22. The molecule has 0 radical (unpaired) electrons. The minimum Gasteiger partial charge on any atom is -0.442 e. The van der Waals surface area contributed by atoms with Crippen LogP contribution in [-0.2, 0) is 20.0 Å². The quantitative estimate of drug-likeness (QED) is 0.428. The summed E-state index contributed by atoms with van der Waals surface area (Å²) >= 11 is 18.2. The van der Waals surface area contributed by atoms with Crippen LogP contribution < -0.4 is 5.32 Å². The lowest BCUT2D eigenvalue weighted by atomic mass is 9.86. The third-order valence-corrected chi connectivity index (χ3v) is 6.56. The number of nitrogens with one attached hydrogen (secondary N) is 1. The maximum Gasteiger partial charge on any atom is 0.435 e. The van der Waals surface area contributed by atoms with Gasteiger partial charge in [0.05, 0.1) is 35.5 Å². The molecule has 210 valence electrons. The van der Waals surface area contributed by atoms with Crippen molar-refractivity contribution in [3.63, 3.8) is 0 Å². The van der Waals surface area contributed by atoms with Gasteiger partial charge in [-0.25, -0.2) is 4.79 Å². The predicted molar refractivity (Wildman–Crippen MR) is 138 cm³/mol. The molecular formula is C25H23Cl3F3N3O5. The van der Waals surface area contributed by atoms with E-state index in [4.69, 9.17) is 49.2 Å². The zero-order valence-corrected chi connectivity index (χ0v) is 23.1. The summed E-state index contributed by atoms with van der Waals surface area (Å²) in [5, 5.41) is 7.42. The number of oxime groups is 1. The molecular weight excluding hydrogens is 586 g/mol. The van der Waals surface area contributed by atoms with Gasteiger partial charge < -0.3 is 14.9 Å². The van der Waals surface area contributed by atoms with Crippen LogP contribution in [0.25, 0.3) is 0 Å². The minimum atomic E-state index is -4.85. The van der Waals surface area contributed by atoms with E-state index in [1.807, 2.05) is 0 Å². The molecule has 2 atom stereocenters. The van der Waals surface area contributed by atoms with Gasteiger partial charge in [-0.1, -0.05) is 46.0 Å². The molecule has 0 unspecified atom stereocenters. The van der Waals surface area contributed by atoms with Gasteiger partial charge in [0.25, 0.3) is 11.5 Å². The Morgan fingerprint density at radius 2 is 1.77 bits per heavy atom. The number of hydrogen-bond donors (Lipinski definition) is 1. The largest absolute Gasteiger partial charge is 0.442 e. The van der Waals surface area contributed by atoms with Gasteiger partial charge in [-0.05, 0) is 51.1 Å². The van der Waals surface area contributed by atoms with Crippen LogP contribution in [0.1, 0.15) is 48.7 Å². The summed E-state index contributed by atoms with van der Waals surface area (Å²) in [6.07, 6.45) is -6.21. The molecule has 0 aromatic heterocycles. The highest BCUT2D eigenvalue weighted by Gasteiger charge is 2.62. The van der Waals surface area contributed by atoms with Crippen LogP contribution in [0.15, 0.2) is 41.6 Å². The first-order valence-electron chi connectivity index (χ1n) is 11.6. The van der Waals surface area contributed by atoms with Crippen molar-refractivity contribution in [3.8, 4) is 0 Å². The molecule has 0 aliphatic carbocycles. The maximum atomic E-state index is 14.2. The number of amides is 2. The van der Waals surface area contributed by atoms with Crippen LogP contribution >= 0.6 is 34.8 Å². The number of carbonyl (C=O) groups excluding carboxylic acids is 2. The standard InChI is InChI=1S/C25H23Cl3F3N3O5/c1-23(2,3)38-22(36)34-11-17(12-37-34)32-21(35)18-5-4-13(6-19(18)28)20-10-24(39-33-20,25(29,30)31)14-7-15(26)9-16(27)8-14/h4-9,17H,10-12H2,1-3H3,(H,32,35)/t17-,24+/m1/s1. The molecule has 0 saturated carbocycles. The van der Waals surface area contributed by atoms with Gasteiger partial charge in [0.1, 0.15) is 5.60 Å². The fraction of sp³-hybridized carbons (Fsp3) is 0.400. The number of hydrogen-bond acceptors (Lipinski definition) is 6. The fourth-order valence-corrected chi connectivity index (χ4v) is 4.79. The van der Waals surface area contributed by atoms with Gasteiger partial charge in [-0.2, -0.15) is 18.2 Å². The normalized spacial score (nSPS) is 21.4. The van der Waals surface area contributed by atoms with Gasteiger partial charge >= 0.3 is 12.3 Å². The van der Waals surface area contributed by atoms with E-state index >= 15 is 0 Å². The summed E-state index contributed by atoms with van der Waals surface area (Å²) in [4.78, 5) is 35.3. The predicted octanol–water partition coefficient (Wildman–Crippen LogP) is 6.51. The molecule has 4 rings (SSSR count). The van der Waals surface area contributed by atoms with Crippen LogP contribution in [-0.4, -0.2) is 53.7 Å². The zero-order chi connectivity index (χ0) is 28.8. The maximum absolute atomic E-state index is 14.2. The second kappa shape index (κ2) is 10.7. The van der Waals surface area contributed by atoms with E-state index < -0.39 is 41.8 Å². The third kappa shape index (κ3) is 6.37. The lowest BCUT2D eigenvalue weighted by molar-refractivity contribution is -0.275. The van der Waals surface area contributed by atoms with E-state index in [-0.39, 0.29) is 50.6 Å². The summed E-state index contributed by atoms with van der Waals surface area (Å²) in [5.74, 6) is -0.561. The molecule has 1 saturated heterocycles. The first-order chi connectivity index (χ1) is 18.1. The Morgan fingerprint density at radius 3 is 2.36 bits per heavy atom.